The van der Waals surface area contributed by atoms with Gasteiger partial charge in [0, 0.05) is 31.2 Å². The topological polar surface area (TPSA) is 105 Å². The van der Waals surface area contributed by atoms with Crippen LogP contribution in [0, 0.1) is 0 Å². The molecule has 6 heteroatoms. The summed E-state index contributed by atoms with van der Waals surface area (Å²) in [5.74, 6) is 0. The van der Waals surface area contributed by atoms with Gasteiger partial charge in [0.05, 0.1) is 5.54 Å². The summed E-state index contributed by atoms with van der Waals surface area (Å²) in [6.45, 7) is 12.4. The van der Waals surface area contributed by atoms with E-state index in [2.05, 4.69) is 43.2 Å². The Balaban J connectivity index is 5.32. The monoisotopic (exact) mass is 302 g/mol. The number of likely N-dealkylation sites (N-methyl/N-ethyl adjacent to an activating group) is 2. The van der Waals surface area contributed by atoms with Crippen molar-refractivity contribution in [2.24, 2.45) is 17.2 Å². The van der Waals surface area contributed by atoms with Gasteiger partial charge in [0.15, 0.2) is 0 Å². The molecule has 0 spiro atoms. The number of nitrogens with two attached hydrogens (primary N) is 3. The van der Waals surface area contributed by atoms with Crippen LogP contribution in [0.15, 0.2) is 0 Å². The zero-order valence-electron chi connectivity index (χ0n) is 14.7. The fraction of sp³-hybridized carbons (Fsp3) is 1.00. The van der Waals surface area contributed by atoms with Crippen LogP contribution < -0.4 is 27.8 Å². The summed E-state index contributed by atoms with van der Waals surface area (Å²) in [6, 6.07) is 0.563. The van der Waals surface area contributed by atoms with E-state index in [0.717, 1.165) is 26.1 Å². The van der Waals surface area contributed by atoms with E-state index in [1.807, 2.05) is 7.05 Å². The van der Waals surface area contributed by atoms with Gasteiger partial charge in [0.2, 0.25) is 0 Å². The lowest BCUT2D eigenvalue weighted by Crippen LogP contribution is -2.73. The predicted octanol–water partition coefficient (Wildman–Crippen LogP) is -0.712. The average molecular weight is 303 g/mol. The molecule has 0 heterocycles. The molecule has 0 amide bonds. The minimum absolute atomic E-state index is 0.0768. The number of rotatable bonds is 12. The summed E-state index contributed by atoms with van der Waals surface area (Å²) < 4.78 is 0. The highest BCUT2D eigenvalue weighted by atomic mass is 15.2. The molecule has 0 radical (unpaired) electrons. The molecule has 3 unspecified atom stereocenters. The van der Waals surface area contributed by atoms with Crippen LogP contribution >= 0.6 is 0 Å². The number of nitrogens with one attached hydrogen (secondary N) is 2. The third-order valence-corrected chi connectivity index (χ3v) is 4.50. The van der Waals surface area contributed by atoms with Crippen molar-refractivity contribution in [2.75, 3.05) is 39.8 Å². The Morgan fingerprint density at radius 3 is 2.05 bits per heavy atom. The van der Waals surface area contributed by atoms with Crippen molar-refractivity contribution in [1.29, 1.82) is 0 Å². The first-order valence-electron chi connectivity index (χ1n) is 8.25. The summed E-state index contributed by atoms with van der Waals surface area (Å²) in [7, 11) is 1.95. The zero-order chi connectivity index (χ0) is 16.5. The Morgan fingerprint density at radius 1 is 1.14 bits per heavy atom. The molecule has 0 aromatic heterocycles. The molecular weight excluding hydrogens is 264 g/mol. The normalized spacial score (nSPS) is 18.0. The molecule has 0 rings (SSSR count). The van der Waals surface area contributed by atoms with E-state index in [-0.39, 0.29) is 17.6 Å². The van der Waals surface area contributed by atoms with Gasteiger partial charge in [-0.15, -0.1) is 0 Å². The molecule has 0 saturated heterocycles. The first-order valence-corrected chi connectivity index (χ1v) is 8.25. The van der Waals surface area contributed by atoms with Gasteiger partial charge in [-0.2, -0.15) is 0 Å². The molecule has 21 heavy (non-hydrogen) atoms. The van der Waals surface area contributed by atoms with Crippen LogP contribution in [-0.2, 0) is 0 Å². The first kappa shape index (κ1) is 20.8. The maximum Gasteiger partial charge on any atom is 0.0624 e. The molecule has 8 N–H and O–H groups in total. The Bertz CT molecular complexity index is 251. The second kappa shape index (κ2) is 10.5. The third-order valence-electron chi connectivity index (χ3n) is 4.50. The van der Waals surface area contributed by atoms with Crippen LogP contribution in [0.1, 0.15) is 34.1 Å². The average Bonchev–Trinajstić information content (AvgIpc) is 2.48. The van der Waals surface area contributed by atoms with Gasteiger partial charge >= 0.3 is 0 Å². The zero-order valence-corrected chi connectivity index (χ0v) is 14.7. The Hall–Kier alpha value is -0.240. The van der Waals surface area contributed by atoms with Gasteiger partial charge in [-0.25, -0.2) is 0 Å². The smallest absolute Gasteiger partial charge is 0.0624 e. The Morgan fingerprint density at radius 2 is 1.71 bits per heavy atom. The van der Waals surface area contributed by atoms with Gasteiger partial charge in [-0.3, -0.25) is 4.90 Å². The van der Waals surface area contributed by atoms with Crippen molar-refractivity contribution in [3.05, 3.63) is 0 Å². The predicted molar refractivity (Wildman–Crippen MR) is 92.3 cm³/mol. The van der Waals surface area contributed by atoms with E-state index in [0.29, 0.717) is 19.1 Å². The maximum atomic E-state index is 6.53. The minimum atomic E-state index is -0.340. The van der Waals surface area contributed by atoms with Crippen LogP contribution in [0.4, 0.5) is 0 Å². The lowest BCUT2D eigenvalue weighted by atomic mass is 9.79. The highest BCUT2D eigenvalue weighted by molar-refractivity contribution is 5.07. The van der Waals surface area contributed by atoms with E-state index in [1.54, 1.807) is 0 Å². The van der Waals surface area contributed by atoms with E-state index < -0.39 is 0 Å². The van der Waals surface area contributed by atoms with Crippen LogP contribution in [0.5, 0.6) is 0 Å². The molecule has 0 saturated carbocycles. The molecule has 0 fully saturated rings. The van der Waals surface area contributed by atoms with Gasteiger partial charge in [0.1, 0.15) is 0 Å². The summed E-state index contributed by atoms with van der Waals surface area (Å²) in [4.78, 5) is 2.41. The second-order valence-electron chi connectivity index (χ2n) is 5.98. The molecule has 0 aliphatic heterocycles. The van der Waals surface area contributed by atoms with Gasteiger partial charge < -0.3 is 27.8 Å². The Kier molecular flexibility index (Phi) is 10.4. The number of hydrogen-bond acceptors (Lipinski definition) is 6. The van der Waals surface area contributed by atoms with Gasteiger partial charge in [0.25, 0.3) is 0 Å². The van der Waals surface area contributed by atoms with Gasteiger partial charge in [-0.05, 0) is 33.1 Å². The maximum absolute atomic E-state index is 6.53. The van der Waals surface area contributed by atoms with Crippen LogP contribution in [0.2, 0.25) is 0 Å². The fourth-order valence-electron chi connectivity index (χ4n) is 3.12. The second-order valence-corrected chi connectivity index (χ2v) is 5.98. The molecule has 3 atom stereocenters. The highest BCUT2D eigenvalue weighted by Crippen LogP contribution is 2.21. The van der Waals surface area contributed by atoms with E-state index >= 15 is 0 Å². The summed E-state index contributed by atoms with van der Waals surface area (Å²) >= 11 is 0. The van der Waals surface area contributed by atoms with E-state index in [9.17, 15) is 0 Å². The summed E-state index contributed by atoms with van der Waals surface area (Å²) in [6.07, 6.45) is 0.884. The fourth-order valence-corrected chi connectivity index (χ4v) is 3.12. The summed E-state index contributed by atoms with van der Waals surface area (Å²) in [5.41, 5.74) is 18.2. The largest absolute Gasteiger partial charge is 0.330 e. The van der Waals surface area contributed by atoms with Crippen LogP contribution in [-0.4, -0.2) is 68.3 Å². The first-order chi connectivity index (χ1) is 9.93. The lowest BCUT2D eigenvalue weighted by Gasteiger charge is -2.49. The molecular formula is C15H38N6. The molecule has 0 bridgehead atoms. The minimum Gasteiger partial charge on any atom is -0.330 e. The van der Waals surface area contributed by atoms with Crippen molar-refractivity contribution in [3.63, 3.8) is 0 Å². The molecule has 0 aromatic rings. The summed E-state index contributed by atoms with van der Waals surface area (Å²) in [5, 5.41) is 6.86. The van der Waals surface area contributed by atoms with Gasteiger partial charge in [-0.1, -0.05) is 27.7 Å². The van der Waals surface area contributed by atoms with Crippen LogP contribution in [0.25, 0.3) is 0 Å². The van der Waals surface area contributed by atoms with Crippen molar-refractivity contribution in [3.8, 4) is 0 Å². The van der Waals surface area contributed by atoms with Crippen molar-refractivity contribution in [2.45, 2.75) is 57.8 Å². The van der Waals surface area contributed by atoms with E-state index in [1.165, 1.54) is 0 Å². The highest BCUT2D eigenvalue weighted by Gasteiger charge is 2.43. The third kappa shape index (κ3) is 5.47. The Labute approximate surface area is 131 Å². The number of hydrogen-bond donors (Lipinski definition) is 5. The van der Waals surface area contributed by atoms with E-state index in [4.69, 9.17) is 17.2 Å². The standard InChI is InChI=1S/C15H38N6/c1-6-21(7-2)14(8-9-16)15(11-17,19-5)13(18)10-20-12(3)4/h12-14,19-20H,6-11,16-18H2,1-5H3. The molecule has 0 aliphatic rings. The SMILES string of the molecule is CCN(CC)C(CCN)C(CN)(NC)C(N)CNC(C)C. The van der Waals surface area contributed by atoms with Crippen molar-refractivity contribution >= 4 is 0 Å². The number of nitrogens with zero attached hydrogens (tertiary/aromatic N) is 1. The lowest BCUT2D eigenvalue weighted by molar-refractivity contribution is 0.0866. The molecule has 6 nitrogen and oxygen atoms in total. The van der Waals surface area contributed by atoms with Crippen LogP contribution in [0.3, 0.4) is 0 Å². The molecule has 128 valence electrons. The quantitative estimate of drug-likeness (QED) is 0.326. The molecule has 0 aromatic carbocycles. The van der Waals surface area contributed by atoms with Crippen molar-refractivity contribution < 1.29 is 0 Å². The molecule has 0 aliphatic carbocycles. The van der Waals surface area contributed by atoms with Crippen molar-refractivity contribution in [1.82, 2.24) is 15.5 Å².